The minimum atomic E-state index is -0.0998. The standard InChI is InChI=1S/C18H23N7O2S/c1-24-14-5-4-12(11-13(14)21-18(24)25-7-9-27-10-8-25)16(26)20-6-2-3-15-22-23-17(19)28-15/h4-5,11H,2-3,6-10H2,1H3,(H2,19,23)(H,20,26). The highest BCUT2D eigenvalue weighted by molar-refractivity contribution is 7.15. The van der Waals surface area contributed by atoms with E-state index in [2.05, 4.69) is 25.0 Å². The van der Waals surface area contributed by atoms with E-state index in [-0.39, 0.29) is 5.91 Å². The van der Waals surface area contributed by atoms with Crippen LogP contribution >= 0.6 is 11.3 Å². The van der Waals surface area contributed by atoms with Crippen molar-refractivity contribution in [2.45, 2.75) is 12.8 Å². The third-order valence-electron chi connectivity index (χ3n) is 4.75. The van der Waals surface area contributed by atoms with E-state index in [0.29, 0.717) is 30.5 Å². The first kappa shape index (κ1) is 18.6. The zero-order chi connectivity index (χ0) is 19.5. The predicted octanol–water partition coefficient (Wildman–Crippen LogP) is 1.21. The average Bonchev–Trinajstić information content (AvgIpc) is 3.28. The van der Waals surface area contributed by atoms with Gasteiger partial charge in [-0.15, -0.1) is 10.2 Å². The van der Waals surface area contributed by atoms with E-state index in [1.165, 1.54) is 11.3 Å². The summed E-state index contributed by atoms with van der Waals surface area (Å²) >= 11 is 1.38. The van der Waals surface area contributed by atoms with Crippen molar-refractivity contribution in [2.75, 3.05) is 43.5 Å². The van der Waals surface area contributed by atoms with Gasteiger partial charge < -0.3 is 25.3 Å². The Morgan fingerprint density at radius 3 is 2.89 bits per heavy atom. The molecule has 2 aromatic heterocycles. The third-order valence-corrected chi connectivity index (χ3v) is 5.56. The molecule has 0 saturated carbocycles. The van der Waals surface area contributed by atoms with E-state index in [0.717, 1.165) is 47.9 Å². The van der Waals surface area contributed by atoms with Crippen LogP contribution in [0.25, 0.3) is 11.0 Å². The van der Waals surface area contributed by atoms with E-state index < -0.39 is 0 Å². The number of rotatable bonds is 6. The fraction of sp³-hybridized carbons (Fsp3) is 0.444. The predicted molar refractivity (Wildman–Crippen MR) is 109 cm³/mol. The number of nitrogens with two attached hydrogens (primary N) is 1. The molecule has 148 valence electrons. The Morgan fingerprint density at radius 1 is 1.32 bits per heavy atom. The van der Waals surface area contributed by atoms with E-state index in [9.17, 15) is 4.79 Å². The van der Waals surface area contributed by atoms with Gasteiger partial charge in [0.25, 0.3) is 5.91 Å². The lowest BCUT2D eigenvalue weighted by atomic mass is 10.2. The molecule has 3 N–H and O–H groups in total. The van der Waals surface area contributed by atoms with Crippen LogP contribution in [0.15, 0.2) is 18.2 Å². The molecule has 0 unspecified atom stereocenters. The molecular formula is C18H23N7O2S. The number of carbonyl (C=O) groups is 1. The number of imidazole rings is 1. The monoisotopic (exact) mass is 401 g/mol. The summed E-state index contributed by atoms with van der Waals surface area (Å²) in [5, 5.41) is 12.1. The number of hydrogen-bond acceptors (Lipinski definition) is 8. The van der Waals surface area contributed by atoms with Crippen molar-refractivity contribution in [3.05, 3.63) is 28.8 Å². The van der Waals surface area contributed by atoms with Crippen LogP contribution in [0.3, 0.4) is 0 Å². The van der Waals surface area contributed by atoms with Gasteiger partial charge in [-0.2, -0.15) is 0 Å². The Hall–Kier alpha value is -2.72. The second kappa shape index (κ2) is 8.11. The number of nitrogens with one attached hydrogen (secondary N) is 1. The van der Waals surface area contributed by atoms with Crippen molar-refractivity contribution in [2.24, 2.45) is 7.05 Å². The second-order valence-corrected chi connectivity index (χ2v) is 7.76. The number of nitrogens with zero attached hydrogens (tertiary/aromatic N) is 5. The molecule has 0 atom stereocenters. The third kappa shape index (κ3) is 3.92. The summed E-state index contributed by atoms with van der Waals surface area (Å²) in [7, 11) is 2.00. The molecule has 3 aromatic rings. The summed E-state index contributed by atoms with van der Waals surface area (Å²) in [6.07, 6.45) is 1.53. The molecular weight excluding hydrogens is 378 g/mol. The minimum absolute atomic E-state index is 0.0998. The van der Waals surface area contributed by atoms with Gasteiger partial charge in [0.1, 0.15) is 5.01 Å². The summed E-state index contributed by atoms with van der Waals surface area (Å²) in [5.41, 5.74) is 8.01. The molecule has 1 aliphatic heterocycles. The molecule has 3 heterocycles. The maximum atomic E-state index is 12.5. The molecule has 1 aliphatic rings. The van der Waals surface area contributed by atoms with Gasteiger partial charge in [0, 0.05) is 38.7 Å². The van der Waals surface area contributed by atoms with Crippen LogP contribution in [0.2, 0.25) is 0 Å². The summed E-state index contributed by atoms with van der Waals surface area (Å²) < 4.78 is 7.48. The van der Waals surface area contributed by atoms with Gasteiger partial charge in [0.2, 0.25) is 11.1 Å². The van der Waals surface area contributed by atoms with Gasteiger partial charge in [-0.05, 0) is 24.6 Å². The highest BCUT2D eigenvalue weighted by Crippen LogP contribution is 2.23. The van der Waals surface area contributed by atoms with Crippen LogP contribution in [0, 0.1) is 0 Å². The number of aryl methyl sites for hydroxylation is 2. The number of morpholine rings is 1. The van der Waals surface area contributed by atoms with Gasteiger partial charge in [-0.1, -0.05) is 11.3 Å². The first-order valence-corrected chi connectivity index (χ1v) is 10.1. The van der Waals surface area contributed by atoms with Gasteiger partial charge in [-0.25, -0.2) is 4.98 Å². The maximum absolute atomic E-state index is 12.5. The van der Waals surface area contributed by atoms with Crippen LogP contribution in [-0.2, 0) is 18.2 Å². The molecule has 0 spiro atoms. The molecule has 1 aromatic carbocycles. The zero-order valence-electron chi connectivity index (χ0n) is 15.7. The van der Waals surface area contributed by atoms with Crippen molar-refractivity contribution in [1.29, 1.82) is 0 Å². The van der Waals surface area contributed by atoms with E-state index in [4.69, 9.17) is 15.5 Å². The lowest BCUT2D eigenvalue weighted by Gasteiger charge is -2.27. The van der Waals surface area contributed by atoms with Gasteiger partial charge in [-0.3, -0.25) is 4.79 Å². The van der Waals surface area contributed by atoms with Crippen LogP contribution in [-0.4, -0.2) is 58.5 Å². The van der Waals surface area contributed by atoms with Gasteiger partial charge in [0.05, 0.1) is 24.2 Å². The molecule has 1 amide bonds. The first-order valence-electron chi connectivity index (χ1n) is 9.27. The smallest absolute Gasteiger partial charge is 0.251 e. The zero-order valence-corrected chi connectivity index (χ0v) is 16.5. The highest BCUT2D eigenvalue weighted by Gasteiger charge is 2.18. The lowest BCUT2D eigenvalue weighted by Crippen LogP contribution is -2.37. The number of ether oxygens (including phenoxy) is 1. The van der Waals surface area contributed by atoms with Crippen LogP contribution in [0.1, 0.15) is 21.8 Å². The molecule has 0 aliphatic carbocycles. The van der Waals surface area contributed by atoms with E-state index in [1.807, 2.05) is 25.2 Å². The number of nitrogen functional groups attached to an aromatic ring is 1. The van der Waals surface area contributed by atoms with Crippen molar-refractivity contribution >= 4 is 39.4 Å². The number of benzene rings is 1. The number of aromatic nitrogens is 4. The van der Waals surface area contributed by atoms with Crippen molar-refractivity contribution in [3.8, 4) is 0 Å². The number of amides is 1. The van der Waals surface area contributed by atoms with Crippen LogP contribution in [0.4, 0.5) is 11.1 Å². The molecule has 28 heavy (non-hydrogen) atoms. The fourth-order valence-electron chi connectivity index (χ4n) is 3.29. The molecule has 1 fully saturated rings. The van der Waals surface area contributed by atoms with Crippen LogP contribution < -0.4 is 16.0 Å². The van der Waals surface area contributed by atoms with Gasteiger partial charge >= 0.3 is 0 Å². The molecule has 10 heteroatoms. The van der Waals surface area contributed by atoms with Crippen molar-refractivity contribution in [3.63, 3.8) is 0 Å². The first-order chi connectivity index (χ1) is 13.6. The highest BCUT2D eigenvalue weighted by atomic mass is 32.1. The largest absolute Gasteiger partial charge is 0.378 e. The van der Waals surface area contributed by atoms with Gasteiger partial charge in [0.15, 0.2) is 0 Å². The molecule has 1 saturated heterocycles. The summed E-state index contributed by atoms with van der Waals surface area (Å²) in [6.45, 7) is 3.63. The Labute approximate surface area is 166 Å². The average molecular weight is 401 g/mol. The molecule has 0 radical (unpaired) electrons. The molecule has 4 rings (SSSR count). The Bertz CT molecular complexity index is 978. The number of fused-ring (bicyclic) bond motifs is 1. The van der Waals surface area contributed by atoms with E-state index >= 15 is 0 Å². The van der Waals surface area contributed by atoms with Crippen LogP contribution in [0.5, 0.6) is 0 Å². The van der Waals surface area contributed by atoms with Crippen molar-refractivity contribution < 1.29 is 9.53 Å². The number of anilines is 2. The molecule has 0 bridgehead atoms. The number of carbonyl (C=O) groups excluding carboxylic acids is 1. The normalized spacial score (nSPS) is 14.5. The van der Waals surface area contributed by atoms with E-state index in [1.54, 1.807) is 0 Å². The molecule has 9 nitrogen and oxygen atoms in total. The summed E-state index contributed by atoms with van der Waals surface area (Å²) in [4.78, 5) is 19.4. The summed E-state index contributed by atoms with van der Waals surface area (Å²) in [6, 6.07) is 5.64. The topological polar surface area (TPSA) is 111 Å². The quantitative estimate of drug-likeness (QED) is 0.597. The maximum Gasteiger partial charge on any atom is 0.251 e. The van der Waals surface area contributed by atoms with Crippen molar-refractivity contribution in [1.82, 2.24) is 25.1 Å². The Morgan fingerprint density at radius 2 is 2.14 bits per heavy atom. The Kier molecular flexibility index (Phi) is 5.40. The minimum Gasteiger partial charge on any atom is -0.378 e. The fourth-order valence-corrected chi connectivity index (χ4v) is 3.94. The second-order valence-electron chi connectivity index (χ2n) is 6.67. The Balaban J connectivity index is 1.39. The SMILES string of the molecule is Cn1c(N2CCOCC2)nc2cc(C(=O)NCCCc3nnc(N)s3)ccc21. The summed E-state index contributed by atoms with van der Waals surface area (Å²) in [5.74, 6) is 0.810. The lowest BCUT2D eigenvalue weighted by molar-refractivity contribution is 0.0953. The number of hydrogen-bond donors (Lipinski definition) is 2.